The second-order valence-corrected chi connectivity index (χ2v) is 6.39. The van der Waals surface area contributed by atoms with Gasteiger partial charge in [0.1, 0.15) is 0 Å². The van der Waals surface area contributed by atoms with Crippen LogP contribution in [0.4, 0.5) is 5.69 Å². The molecule has 3 aromatic rings. The summed E-state index contributed by atoms with van der Waals surface area (Å²) in [6.45, 7) is 0. The lowest BCUT2D eigenvalue weighted by atomic mass is 10.2. The van der Waals surface area contributed by atoms with E-state index in [2.05, 4.69) is 15.5 Å². The second-order valence-electron chi connectivity index (χ2n) is 5.04. The molecule has 0 N–H and O–H groups in total. The van der Waals surface area contributed by atoms with Gasteiger partial charge in [0.15, 0.2) is 0 Å². The Morgan fingerprint density at radius 1 is 1.23 bits per heavy atom. The normalized spacial score (nSPS) is 10.7. The van der Waals surface area contributed by atoms with E-state index >= 15 is 0 Å². The van der Waals surface area contributed by atoms with Crippen LogP contribution in [0, 0.1) is 10.1 Å². The van der Waals surface area contributed by atoms with Crippen molar-refractivity contribution in [2.45, 2.75) is 10.9 Å². The zero-order valence-corrected chi connectivity index (χ0v) is 14.5. The van der Waals surface area contributed by atoms with Crippen molar-refractivity contribution in [1.29, 1.82) is 0 Å². The van der Waals surface area contributed by atoms with Gasteiger partial charge >= 0.3 is 0 Å². The minimum absolute atomic E-state index is 0.0135. The third kappa shape index (κ3) is 3.81. The number of rotatable bonds is 6. The van der Waals surface area contributed by atoms with Gasteiger partial charge in [-0.15, -0.1) is 5.10 Å². The topological polar surface area (TPSA) is 127 Å². The van der Waals surface area contributed by atoms with Crippen LogP contribution >= 0.6 is 23.4 Å². The highest BCUT2D eigenvalue weighted by atomic mass is 35.5. The summed E-state index contributed by atoms with van der Waals surface area (Å²) < 4.78 is 1.37. The number of carboxylic acids is 1. The molecule has 0 fully saturated rings. The van der Waals surface area contributed by atoms with E-state index in [0.717, 1.165) is 5.56 Å². The summed E-state index contributed by atoms with van der Waals surface area (Å²) in [5.74, 6) is -0.927. The fourth-order valence-corrected chi connectivity index (χ4v) is 3.14. The molecule has 1 aromatic heterocycles. The maximum Gasteiger partial charge on any atom is 0.269 e. The second kappa shape index (κ2) is 7.50. The highest BCUT2D eigenvalue weighted by molar-refractivity contribution is 7.98. The third-order valence-corrected chi connectivity index (χ3v) is 4.69. The molecule has 0 aliphatic rings. The maximum atomic E-state index is 11.1. The Labute approximate surface area is 155 Å². The third-order valence-electron chi connectivity index (χ3n) is 3.37. The first kappa shape index (κ1) is 17.8. The van der Waals surface area contributed by atoms with Crippen LogP contribution < -0.4 is 5.11 Å². The lowest BCUT2D eigenvalue weighted by Crippen LogP contribution is -2.23. The van der Waals surface area contributed by atoms with E-state index in [4.69, 9.17) is 11.6 Å². The summed E-state index contributed by atoms with van der Waals surface area (Å²) in [4.78, 5) is 21.3. The molecule has 0 unspecified atom stereocenters. The smallest absolute Gasteiger partial charge is 0.269 e. The monoisotopic (exact) mass is 390 g/mol. The molecule has 9 nitrogen and oxygen atoms in total. The first-order valence-corrected chi connectivity index (χ1v) is 8.48. The minimum atomic E-state index is -1.40. The van der Waals surface area contributed by atoms with Gasteiger partial charge in [-0.25, -0.2) is 0 Å². The van der Waals surface area contributed by atoms with Gasteiger partial charge in [-0.1, -0.05) is 35.5 Å². The summed E-state index contributed by atoms with van der Waals surface area (Å²) in [7, 11) is 0. The van der Waals surface area contributed by atoms with Crippen molar-refractivity contribution in [3.8, 4) is 5.69 Å². The van der Waals surface area contributed by atoms with Crippen LogP contribution in [0.25, 0.3) is 5.69 Å². The number of benzene rings is 2. The highest BCUT2D eigenvalue weighted by Crippen LogP contribution is 2.25. The van der Waals surface area contributed by atoms with Crippen LogP contribution in [0.1, 0.15) is 15.9 Å². The molecule has 0 atom stereocenters. The number of thioether (sulfide) groups is 1. The summed E-state index contributed by atoms with van der Waals surface area (Å²) in [6, 6.07) is 10.5. The molecule has 0 saturated heterocycles. The van der Waals surface area contributed by atoms with E-state index in [-0.39, 0.29) is 16.3 Å². The molecule has 0 amide bonds. The fraction of sp³-hybridized carbons (Fsp3) is 0.0667. The van der Waals surface area contributed by atoms with Gasteiger partial charge < -0.3 is 9.90 Å². The van der Waals surface area contributed by atoms with Gasteiger partial charge in [0.2, 0.25) is 5.16 Å². The highest BCUT2D eigenvalue weighted by Gasteiger charge is 2.12. The molecule has 0 saturated carbocycles. The van der Waals surface area contributed by atoms with Crippen LogP contribution in [0.5, 0.6) is 0 Å². The van der Waals surface area contributed by atoms with Crippen LogP contribution in [-0.2, 0) is 5.75 Å². The Morgan fingerprint density at radius 2 is 1.96 bits per heavy atom. The molecule has 11 heteroatoms. The molecule has 132 valence electrons. The van der Waals surface area contributed by atoms with Crippen molar-refractivity contribution in [2.24, 2.45) is 0 Å². The Hall–Kier alpha value is -2.98. The van der Waals surface area contributed by atoms with Gasteiger partial charge in [-0.3, -0.25) is 10.1 Å². The number of carbonyl (C=O) groups excluding carboxylic acids is 1. The zero-order valence-electron chi connectivity index (χ0n) is 12.9. The number of aromatic carboxylic acids is 1. The molecule has 1 heterocycles. The SMILES string of the molecule is O=C([O-])c1cc(-n2nnnc2SCc2ccc([N+](=O)[O-])cc2)ccc1Cl. The molecule has 0 spiro atoms. The van der Waals surface area contributed by atoms with Crippen molar-refractivity contribution >= 4 is 35.0 Å². The maximum absolute atomic E-state index is 11.1. The standard InChI is InChI=1S/C15H10ClN5O4S/c16-13-6-5-11(7-12(13)14(22)23)20-15(17-18-19-20)26-8-9-1-3-10(4-2-9)21(24)25/h1-7H,8H2,(H,22,23)/p-1. The van der Waals surface area contributed by atoms with E-state index in [9.17, 15) is 20.0 Å². The van der Waals surface area contributed by atoms with E-state index in [1.807, 2.05) is 0 Å². The van der Waals surface area contributed by atoms with Gasteiger partial charge in [0, 0.05) is 28.5 Å². The van der Waals surface area contributed by atoms with Crippen LogP contribution in [0.3, 0.4) is 0 Å². The van der Waals surface area contributed by atoms with Crippen molar-refractivity contribution in [3.63, 3.8) is 0 Å². The fourth-order valence-electron chi connectivity index (χ4n) is 2.09. The Morgan fingerprint density at radius 3 is 2.62 bits per heavy atom. The number of non-ortho nitro benzene ring substituents is 1. The number of halogens is 1. The number of carbonyl (C=O) groups is 1. The molecule has 0 aliphatic heterocycles. The number of hydrogen-bond donors (Lipinski definition) is 0. The number of nitrogens with zero attached hydrogens (tertiary/aromatic N) is 5. The van der Waals surface area contributed by atoms with Crippen LogP contribution in [0.15, 0.2) is 47.6 Å². The number of nitro benzene ring substituents is 1. The van der Waals surface area contributed by atoms with E-state index < -0.39 is 10.9 Å². The van der Waals surface area contributed by atoms with E-state index in [1.165, 1.54) is 40.7 Å². The molecule has 0 radical (unpaired) electrons. The van der Waals surface area contributed by atoms with Gasteiger partial charge in [-0.05, 0) is 34.2 Å². The zero-order chi connectivity index (χ0) is 18.7. The van der Waals surface area contributed by atoms with Gasteiger partial charge in [-0.2, -0.15) is 4.68 Å². The first-order valence-electron chi connectivity index (χ1n) is 7.11. The quantitative estimate of drug-likeness (QED) is 0.354. The van der Waals surface area contributed by atoms with Crippen molar-refractivity contribution < 1.29 is 14.8 Å². The van der Waals surface area contributed by atoms with Gasteiger partial charge in [0.25, 0.3) is 5.69 Å². The predicted molar refractivity (Wildman–Crippen MR) is 91.2 cm³/mol. The molecular formula is C15H9ClN5O4S-. The Balaban J connectivity index is 1.80. The molecule has 0 bridgehead atoms. The summed E-state index contributed by atoms with van der Waals surface area (Å²) in [6.07, 6.45) is 0. The number of nitro groups is 1. The lowest BCUT2D eigenvalue weighted by Gasteiger charge is -2.09. The van der Waals surface area contributed by atoms with Crippen LogP contribution in [-0.4, -0.2) is 31.1 Å². The number of tetrazole rings is 1. The summed E-state index contributed by atoms with van der Waals surface area (Å²) in [5, 5.41) is 33.6. The average Bonchev–Trinajstić information content (AvgIpc) is 3.09. The summed E-state index contributed by atoms with van der Waals surface area (Å²) in [5.41, 5.74) is 1.12. The predicted octanol–water partition coefficient (Wildman–Crippen LogP) is 1.88. The molecule has 0 aliphatic carbocycles. The molecule has 26 heavy (non-hydrogen) atoms. The van der Waals surface area contributed by atoms with E-state index in [1.54, 1.807) is 18.2 Å². The van der Waals surface area contributed by atoms with Crippen molar-refractivity contribution in [2.75, 3.05) is 0 Å². The lowest BCUT2D eigenvalue weighted by molar-refractivity contribution is -0.384. The first-order chi connectivity index (χ1) is 12.5. The number of carboxylic acid groups (broad SMARTS) is 1. The Kier molecular flexibility index (Phi) is 5.14. The van der Waals surface area contributed by atoms with Crippen LogP contribution in [0.2, 0.25) is 5.02 Å². The average molecular weight is 391 g/mol. The molecule has 2 aromatic carbocycles. The molecule has 3 rings (SSSR count). The summed E-state index contributed by atoms with van der Waals surface area (Å²) >= 11 is 7.13. The van der Waals surface area contributed by atoms with E-state index in [0.29, 0.717) is 16.6 Å². The largest absolute Gasteiger partial charge is 0.545 e. The van der Waals surface area contributed by atoms with Crippen molar-refractivity contribution in [1.82, 2.24) is 20.2 Å². The molecular weight excluding hydrogens is 382 g/mol. The van der Waals surface area contributed by atoms with Crippen molar-refractivity contribution in [3.05, 3.63) is 68.7 Å². The minimum Gasteiger partial charge on any atom is -0.545 e. The number of hydrogen-bond acceptors (Lipinski definition) is 8. The van der Waals surface area contributed by atoms with Gasteiger partial charge in [0.05, 0.1) is 16.6 Å². The Bertz CT molecular complexity index is 976. The number of aromatic nitrogens is 4.